The number of benzene rings is 1. The Morgan fingerprint density at radius 2 is 1.94 bits per heavy atom. The van der Waals surface area contributed by atoms with Crippen LogP contribution in [0.4, 0.5) is 0 Å². The Morgan fingerprint density at radius 3 is 2.47 bits per heavy atom. The number of morpholine rings is 1. The first-order chi connectivity index (χ1) is 8.22. The molecular formula is C13H19NO3. The Hall–Kier alpha value is -0.940. The number of aliphatic hydroxyl groups excluding tert-OH is 2. The second kappa shape index (κ2) is 5.14. The van der Waals surface area contributed by atoms with E-state index in [1.54, 1.807) is 0 Å². The minimum absolute atomic E-state index is 0.00687. The Bertz CT molecular complexity index is 351. The molecule has 0 aliphatic carbocycles. The fourth-order valence-electron chi connectivity index (χ4n) is 2.11. The van der Waals surface area contributed by atoms with Gasteiger partial charge in [-0.25, -0.2) is 0 Å². The summed E-state index contributed by atoms with van der Waals surface area (Å²) in [6, 6.07) is 10.0. The van der Waals surface area contributed by atoms with Gasteiger partial charge in [-0.15, -0.1) is 0 Å². The van der Waals surface area contributed by atoms with E-state index >= 15 is 0 Å². The molecule has 2 N–H and O–H groups in total. The van der Waals surface area contributed by atoms with Crippen molar-refractivity contribution < 1.29 is 14.9 Å². The molecule has 0 bridgehead atoms. The molecule has 1 saturated heterocycles. The first-order valence-corrected chi connectivity index (χ1v) is 5.81. The molecule has 17 heavy (non-hydrogen) atoms. The molecule has 0 radical (unpaired) electrons. The molecule has 0 saturated carbocycles. The maximum atomic E-state index is 9.39. The molecule has 94 valence electrons. The minimum atomic E-state index is -0.648. The van der Waals surface area contributed by atoms with Crippen LogP contribution in [0, 0.1) is 0 Å². The zero-order valence-electron chi connectivity index (χ0n) is 10.0. The normalized spacial score (nSPS) is 24.8. The minimum Gasteiger partial charge on any atom is -0.394 e. The summed E-state index contributed by atoms with van der Waals surface area (Å²) in [5.74, 6) is 0. The van der Waals surface area contributed by atoms with Crippen LogP contribution in [-0.4, -0.2) is 54.1 Å². The van der Waals surface area contributed by atoms with Crippen molar-refractivity contribution in [3.63, 3.8) is 0 Å². The Balaban J connectivity index is 2.10. The molecule has 1 aliphatic rings. The third-order valence-corrected chi connectivity index (χ3v) is 3.56. The van der Waals surface area contributed by atoms with E-state index in [4.69, 9.17) is 4.74 Å². The van der Waals surface area contributed by atoms with Crippen molar-refractivity contribution in [2.45, 2.75) is 11.6 Å². The molecule has 1 aromatic rings. The molecule has 1 aromatic carbocycles. The molecule has 0 aromatic heterocycles. The Kier molecular flexibility index (Phi) is 3.79. The van der Waals surface area contributed by atoms with Gasteiger partial charge in [-0.1, -0.05) is 30.3 Å². The molecule has 1 unspecified atom stereocenters. The van der Waals surface area contributed by atoms with Gasteiger partial charge in [-0.3, -0.25) is 4.90 Å². The molecular weight excluding hydrogens is 218 g/mol. The highest BCUT2D eigenvalue weighted by atomic mass is 16.5. The van der Waals surface area contributed by atoms with E-state index in [0.29, 0.717) is 13.2 Å². The van der Waals surface area contributed by atoms with Gasteiger partial charge in [0.2, 0.25) is 0 Å². The lowest BCUT2D eigenvalue weighted by Crippen LogP contribution is -2.60. The fourth-order valence-corrected chi connectivity index (χ4v) is 2.11. The van der Waals surface area contributed by atoms with Gasteiger partial charge >= 0.3 is 0 Å². The van der Waals surface area contributed by atoms with E-state index in [1.807, 2.05) is 42.3 Å². The lowest BCUT2D eigenvalue weighted by Gasteiger charge is -2.45. The third-order valence-electron chi connectivity index (χ3n) is 3.56. The van der Waals surface area contributed by atoms with Crippen molar-refractivity contribution in [1.82, 2.24) is 4.90 Å². The maximum absolute atomic E-state index is 9.39. The van der Waals surface area contributed by atoms with Crippen molar-refractivity contribution in [1.29, 1.82) is 0 Å². The maximum Gasteiger partial charge on any atom is 0.0952 e. The number of aliphatic hydroxyl groups is 2. The first-order valence-electron chi connectivity index (χ1n) is 5.81. The largest absolute Gasteiger partial charge is 0.394 e. The van der Waals surface area contributed by atoms with E-state index < -0.39 is 5.54 Å². The topological polar surface area (TPSA) is 52.9 Å². The van der Waals surface area contributed by atoms with Crippen molar-refractivity contribution in [3.8, 4) is 0 Å². The molecule has 1 heterocycles. The molecule has 4 nitrogen and oxygen atoms in total. The van der Waals surface area contributed by atoms with Crippen LogP contribution in [0.2, 0.25) is 0 Å². The Morgan fingerprint density at radius 1 is 1.29 bits per heavy atom. The quantitative estimate of drug-likeness (QED) is 0.799. The molecule has 2 rings (SSSR count). The van der Waals surface area contributed by atoms with Crippen LogP contribution >= 0.6 is 0 Å². The van der Waals surface area contributed by atoms with Gasteiger partial charge in [0.15, 0.2) is 0 Å². The van der Waals surface area contributed by atoms with Crippen LogP contribution in [0.5, 0.6) is 0 Å². The smallest absolute Gasteiger partial charge is 0.0952 e. The zero-order valence-corrected chi connectivity index (χ0v) is 10.0. The summed E-state index contributed by atoms with van der Waals surface area (Å²) in [4.78, 5) is 1.98. The predicted octanol–water partition coefficient (Wildman–Crippen LogP) is 0.413. The van der Waals surface area contributed by atoms with Crippen LogP contribution in [0.3, 0.4) is 0 Å². The van der Waals surface area contributed by atoms with Crippen molar-refractivity contribution >= 4 is 0 Å². The number of hydrogen-bond donors (Lipinski definition) is 2. The van der Waals surface area contributed by atoms with Crippen molar-refractivity contribution in [2.75, 3.05) is 33.4 Å². The van der Waals surface area contributed by atoms with Crippen molar-refractivity contribution in [2.24, 2.45) is 0 Å². The fraction of sp³-hybridized carbons (Fsp3) is 0.538. The predicted molar refractivity (Wildman–Crippen MR) is 64.7 cm³/mol. The highest BCUT2D eigenvalue weighted by Gasteiger charge is 2.40. The summed E-state index contributed by atoms with van der Waals surface area (Å²) in [6.45, 7) is 0.824. The molecule has 1 atom stereocenters. The molecule has 4 heteroatoms. The van der Waals surface area contributed by atoms with Gasteiger partial charge < -0.3 is 14.9 Å². The number of nitrogens with zero attached hydrogens (tertiary/aromatic N) is 1. The van der Waals surface area contributed by atoms with E-state index in [-0.39, 0.29) is 19.3 Å². The first kappa shape index (κ1) is 12.5. The highest BCUT2D eigenvalue weighted by Crippen LogP contribution is 2.28. The summed E-state index contributed by atoms with van der Waals surface area (Å²) in [7, 11) is 1.91. The number of hydrogen-bond acceptors (Lipinski definition) is 4. The van der Waals surface area contributed by atoms with Crippen LogP contribution < -0.4 is 0 Å². The van der Waals surface area contributed by atoms with Gasteiger partial charge in [-0.05, 0) is 12.6 Å². The Labute approximate surface area is 101 Å². The summed E-state index contributed by atoms with van der Waals surface area (Å²) < 4.78 is 5.77. The second-order valence-corrected chi connectivity index (χ2v) is 4.63. The molecule has 1 fully saturated rings. The van der Waals surface area contributed by atoms with Crippen LogP contribution in [0.1, 0.15) is 11.7 Å². The average molecular weight is 237 g/mol. The monoisotopic (exact) mass is 237 g/mol. The molecule has 0 amide bonds. The summed E-state index contributed by atoms with van der Waals surface area (Å²) in [5.41, 5.74) is 0.481. The van der Waals surface area contributed by atoms with Gasteiger partial charge in [0, 0.05) is 6.54 Å². The van der Waals surface area contributed by atoms with E-state index in [0.717, 1.165) is 5.56 Å². The number of rotatable bonds is 3. The SMILES string of the molecule is CN1CC(c2ccccc2)OCC1(CO)CO. The zero-order chi connectivity index (χ0) is 12.3. The van der Waals surface area contributed by atoms with Crippen LogP contribution in [0.25, 0.3) is 0 Å². The number of likely N-dealkylation sites (N-methyl/N-ethyl adjacent to an activating group) is 1. The van der Waals surface area contributed by atoms with E-state index in [9.17, 15) is 10.2 Å². The lowest BCUT2D eigenvalue weighted by atomic mass is 9.96. The van der Waals surface area contributed by atoms with Gasteiger partial charge in [0.05, 0.1) is 31.5 Å². The molecule has 0 spiro atoms. The van der Waals surface area contributed by atoms with Crippen molar-refractivity contribution in [3.05, 3.63) is 35.9 Å². The number of ether oxygens (including phenoxy) is 1. The van der Waals surface area contributed by atoms with Gasteiger partial charge in [0.25, 0.3) is 0 Å². The third kappa shape index (κ3) is 2.35. The molecule has 1 aliphatic heterocycles. The van der Waals surface area contributed by atoms with E-state index in [2.05, 4.69) is 0 Å². The summed E-state index contributed by atoms with van der Waals surface area (Å²) in [6.07, 6.45) is 0.00687. The second-order valence-electron chi connectivity index (χ2n) is 4.63. The summed E-state index contributed by atoms with van der Waals surface area (Å²) >= 11 is 0. The van der Waals surface area contributed by atoms with Gasteiger partial charge in [0.1, 0.15) is 0 Å². The standard InChI is InChI=1S/C13H19NO3/c1-14-7-12(11-5-3-2-4-6-11)17-10-13(14,8-15)9-16/h2-6,12,15-16H,7-10H2,1H3. The summed E-state index contributed by atoms with van der Waals surface area (Å²) in [5, 5.41) is 18.8. The van der Waals surface area contributed by atoms with Crippen LogP contribution in [-0.2, 0) is 4.74 Å². The average Bonchev–Trinajstić information content (AvgIpc) is 2.40. The highest BCUT2D eigenvalue weighted by molar-refractivity contribution is 5.19. The van der Waals surface area contributed by atoms with E-state index in [1.165, 1.54) is 0 Å². The lowest BCUT2D eigenvalue weighted by molar-refractivity contribution is -0.137. The van der Waals surface area contributed by atoms with Gasteiger partial charge in [-0.2, -0.15) is 0 Å². The van der Waals surface area contributed by atoms with Crippen LogP contribution in [0.15, 0.2) is 30.3 Å².